The van der Waals surface area contributed by atoms with E-state index in [1.54, 1.807) is 0 Å². The molecule has 2 nitrogen and oxygen atoms in total. The van der Waals surface area contributed by atoms with Gasteiger partial charge in [0.15, 0.2) is 0 Å². The van der Waals surface area contributed by atoms with Crippen LogP contribution >= 0.6 is 0 Å². The van der Waals surface area contributed by atoms with Crippen LogP contribution in [0.25, 0.3) is 0 Å². The van der Waals surface area contributed by atoms with Crippen molar-refractivity contribution in [1.29, 1.82) is 0 Å². The van der Waals surface area contributed by atoms with Gasteiger partial charge >= 0.3 is 0 Å². The zero-order chi connectivity index (χ0) is 14.7. The predicted octanol–water partition coefficient (Wildman–Crippen LogP) is 4.55. The third kappa shape index (κ3) is 7.44. The Bertz CT molecular complexity index is 252. The number of epoxide rings is 1. The minimum Gasteiger partial charge on any atom is -0.367 e. The lowest BCUT2D eigenvalue weighted by molar-refractivity contribution is -0.929. The van der Waals surface area contributed by atoms with Crippen molar-refractivity contribution in [2.45, 2.75) is 71.8 Å². The molecule has 1 aliphatic heterocycles. The molecule has 118 valence electrons. The predicted molar refractivity (Wildman–Crippen MR) is 87.9 cm³/mol. The Morgan fingerprint density at radius 1 is 1.00 bits per heavy atom. The van der Waals surface area contributed by atoms with Crippen LogP contribution in [0.4, 0.5) is 0 Å². The topological polar surface area (TPSA) is 12.5 Å². The first-order chi connectivity index (χ1) is 9.76. The second kappa shape index (κ2) is 10.4. The van der Waals surface area contributed by atoms with Crippen LogP contribution in [0.1, 0.15) is 65.7 Å². The second-order valence-electron chi connectivity index (χ2n) is 6.42. The summed E-state index contributed by atoms with van der Waals surface area (Å²) in [5.74, 6) is 0. The Labute approximate surface area is 126 Å². The minimum absolute atomic E-state index is 0.572. The molecule has 1 unspecified atom stereocenters. The van der Waals surface area contributed by atoms with Crippen LogP contribution in [0, 0.1) is 0 Å². The van der Waals surface area contributed by atoms with E-state index in [1.165, 1.54) is 75.6 Å². The highest BCUT2D eigenvalue weighted by molar-refractivity contribution is 4.76. The van der Waals surface area contributed by atoms with Gasteiger partial charge < -0.3 is 9.22 Å². The SMILES string of the molecule is C/C=C/CCCCCC[N+](CCC)(CCC)CC1CO1. The quantitative estimate of drug-likeness (QED) is 0.209. The highest BCUT2D eigenvalue weighted by Crippen LogP contribution is 2.21. The molecule has 2 heteroatoms. The number of hydrogen-bond donors (Lipinski definition) is 0. The summed E-state index contributed by atoms with van der Waals surface area (Å²) < 4.78 is 6.82. The Balaban J connectivity index is 2.26. The first kappa shape index (κ1) is 17.7. The average molecular weight is 282 g/mol. The maximum absolute atomic E-state index is 5.51. The standard InChI is InChI=1S/C18H36NO/c1-4-7-8-9-10-11-12-15-19(13-5-2,14-6-3)16-18-17-20-18/h4,7,18H,5-6,8-17H2,1-3H3/q+1/b7-4+. The molecular weight excluding hydrogens is 246 g/mol. The molecule has 1 fully saturated rings. The monoisotopic (exact) mass is 282 g/mol. The number of ether oxygens (including phenoxy) is 1. The van der Waals surface area contributed by atoms with Crippen molar-refractivity contribution in [1.82, 2.24) is 0 Å². The highest BCUT2D eigenvalue weighted by atomic mass is 16.6. The molecule has 20 heavy (non-hydrogen) atoms. The van der Waals surface area contributed by atoms with Crippen molar-refractivity contribution >= 4 is 0 Å². The summed E-state index contributed by atoms with van der Waals surface area (Å²) in [5.41, 5.74) is 0. The molecule has 1 atom stereocenters. The van der Waals surface area contributed by atoms with Crippen LogP contribution < -0.4 is 0 Å². The zero-order valence-electron chi connectivity index (χ0n) is 14.1. The van der Waals surface area contributed by atoms with Crippen molar-refractivity contribution < 1.29 is 9.22 Å². The molecule has 0 spiro atoms. The lowest BCUT2D eigenvalue weighted by Gasteiger charge is -2.38. The van der Waals surface area contributed by atoms with Gasteiger partial charge in [0, 0.05) is 0 Å². The molecule has 1 rings (SSSR count). The van der Waals surface area contributed by atoms with E-state index in [1.807, 2.05) is 0 Å². The van der Waals surface area contributed by atoms with Crippen molar-refractivity contribution in [3.8, 4) is 0 Å². The Morgan fingerprint density at radius 2 is 1.65 bits per heavy atom. The van der Waals surface area contributed by atoms with E-state index in [9.17, 15) is 0 Å². The zero-order valence-corrected chi connectivity index (χ0v) is 14.1. The van der Waals surface area contributed by atoms with E-state index in [0.29, 0.717) is 6.10 Å². The van der Waals surface area contributed by atoms with Crippen LogP contribution in [0.2, 0.25) is 0 Å². The van der Waals surface area contributed by atoms with Crippen molar-refractivity contribution in [2.75, 3.05) is 32.8 Å². The molecule has 1 heterocycles. The number of allylic oxidation sites excluding steroid dienone is 2. The third-order valence-electron chi connectivity index (χ3n) is 4.38. The van der Waals surface area contributed by atoms with Crippen LogP contribution in [0.3, 0.4) is 0 Å². The Kier molecular flexibility index (Phi) is 9.21. The molecule has 0 N–H and O–H groups in total. The second-order valence-corrected chi connectivity index (χ2v) is 6.42. The van der Waals surface area contributed by atoms with Gasteiger partial charge in [-0.1, -0.05) is 32.4 Å². The summed E-state index contributed by atoms with van der Waals surface area (Å²) >= 11 is 0. The summed E-state index contributed by atoms with van der Waals surface area (Å²) in [6, 6.07) is 0. The molecule has 0 amide bonds. The summed E-state index contributed by atoms with van der Waals surface area (Å²) in [4.78, 5) is 0. The molecule has 1 saturated heterocycles. The highest BCUT2D eigenvalue weighted by Gasteiger charge is 2.35. The first-order valence-electron chi connectivity index (χ1n) is 8.84. The number of rotatable bonds is 13. The largest absolute Gasteiger partial charge is 0.367 e. The summed E-state index contributed by atoms with van der Waals surface area (Å²) in [6.45, 7) is 13.1. The fraction of sp³-hybridized carbons (Fsp3) is 0.889. The first-order valence-corrected chi connectivity index (χ1v) is 8.84. The van der Waals surface area contributed by atoms with Crippen molar-refractivity contribution in [2.24, 2.45) is 0 Å². The fourth-order valence-electron chi connectivity index (χ4n) is 3.39. The number of nitrogens with zero attached hydrogens (tertiary/aromatic N) is 1. The van der Waals surface area contributed by atoms with Gasteiger partial charge in [-0.3, -0.25) is 0 Å². The summed E-state index contributed by atoms with van der Waals surface area (Å²) in [7, 11) is 0. The van der Waals surface area contributed by atoms with E-state index in [4.69, 9.17) is 4.74 Å². The van der Waals surface area contributed by atoms with Gasteiger partial charge in [-0.05, 0) is 45.4 Å². The molecule has 0 aliphatic carbocycles. The molecule has 0 radical (unpaired) electrons. The Morgan fingerprint density at radius 3 is 2.20 bits per heavy atom. The van der Waals surface area contributed by atoms with E-state index < -0.39 is 0 Å². The van der Waals surface area contributed by atoms with Gasteiger partial charge in [-0.2, -0.15) is 0 Å². The maximum Gasteiger partial charge on any atom is 0.130 e. The van der Waals surface area contributed by atoms with Gasteiger partial charge in [0.25, 0.3) is 0 Å². The minimum atomic E-state index is 0.572. The molecular formula is C18H36NO+. The molecule has 0 bridgehead atoms. The smallest absolute Gasteiger partial charge is 0.130 e. The average Bonchev–Trinajstić information content (AvgIpc) is 3.22. The van der Waals surface area contributed by atoms with Gasteiger partial charge in [-0.15, -0.1) is 0 Å². The molecule has 0 aromatic heterocycles. The van der Waals surface area contributed by atoms with Crippen molar-refractivity contribution in [3.63, 3.8) is 0 Å². The van der Waals surface area contributed by atoms with Crippen LogP contribution in [0.15, 0.2) is 12.2 Å². The number of quaternary nitrogens is 1. The molecule has 1 aliphatic rings. The maximum atomic E-state index is 5.51. The third-order valence-corrected chi connectivity index (χ3v) is 4.38. The summed E-state index contributed by atoms with van der Waals surface area (Å²) in [6.07, 6.45) is 14.4. The van der Waals surface area contributed by atoms with Gasteiger partial charge in [0.2, 0.25) is 0 Å². The van der Waals surface area contributed by atoms with E-state index in [0.717, 1.165) is 6.61 Å². The van der Waals surface area contributed by atoms with Gasteiger partial charge in [0.05, 0.1) is 26.2 Å². The van der Waals surface area contributed by atoms with E-state index in [-0.39, 0.29) is 0 Å². The fourth-order valence-corrected chi connectivity index (χ4v) is 3.39. The van der Waals surface area contributed by atoms with E-state index >= 15 is 0 Å². The molecule has 0 aromatic carbocycles. The van der Waals surface area contributed by atoms with Crippen molar-refractivity contribution in [3.05, 3.63) is 12.2 Å². The number of hydrogen-bond acceptors (Lipinski definition) is 1. The van der Waals surface area contributed by atoms with Crippen LogP contribution in [-0.4, -0.2) is 43.4 Å². The molecule has 0 saturated carbocycles. The lowest BCUT2D eigenvalue weighted by atomic mass is 10.1. The van der Waals surface area contributed by atoms with Gasteiger partial charge in [-0.25, -0.2) is 0 Å². The Hall–Kier alpha value is -0.340. The number of unbranched alkanes of at least 4 members (excludes halogenated alkanes) is 4. The van der Waals surface area contributed by atoms with Gasteiger partial charge in [0.1, 0.15) is 12.6 Å². The van der Waals surface area contributed by atoms with Crippen LogP contribution in [0.5, 0.6) is 0 Å². The lowest BCUT2D eigenvalue weighted by Crippen LogP contribution is -2.52. The molecule has 0 aromatic rings. The normalized spacial score (nSPS) is 18.9. The van der Waals surface area contributed by atoms with Crippen LogP contribution in [-0.2, 0) is 4.74 Å². The summed E-state index contributed by atoms with van der Waals surface area (Å²) in [5, 5.41) is 0. The van der Waals surface area contributed by atoms with E-state index in [2.05, 4.69) is 32.9 Å².